The van der Waals surface area contributed by atoms with Crippen LogP contribution in [0.5, 0.6) is 0 Å². The molecule has 0 unspecified atom stereocenters. The molecule has 1 aromatic rings. The third-order valence-corrected chi connectivity index (χ3v) is 2.83. The van der Waals surface area contributed by atoms with Gasteiger partial charge in [-0.05, 0) is 24.6 Å². The molecule has 0 aliphatic heterocycles. The third kappa shape index (κ3) is 3.21. The number of benzene rings is 1. The molecule has 1 rings (SSSR count). The van der Waals surface area contributed by atoms with Crippen LogP contribution in [0.1, 0.15) is 12.5 Å². The van der Waals surface area contributed by atoms with E-state index in [-0.39, 0.29) is 12.5 Å². The van der Waals surface area contributed by atoms with E-state index in [4.69, 9.17) is 11.5 Å². The maximum absolute atomic E-state index is 11.0. The summed E-state index contributed by atoms with van der Waals surface area (Å²) in [6.07, 6.45) is 0. The largest absolute Gasteiger partial charge is 0.368 e. The lowest BCUT2D eigenvalue weighted by Crippen LogP contribution is -2.34. The SMILES string of the molecule is CCN(CC(N)=O)c1cc(Br)ccc1CN. The number of nitrogens with two attached hydrogens (primary N) is 2. The van der Waals surface area contributed by atoms with E-state index in [2.05, 4.69) is 15.9 Å². The molecule has 0 bridgehead atoms. The topological polar surface area (TPSA) is 72.3 Å². The molecule has 0 heterocycles. The molecule has 0 saturated heterocycles. The average Bonchev–Trinajstić information content (AvgIpc) is 2.25. The molecule has 88 valence electrons. The van der Waals surface area contributed by atoms with Gasteiger partial charge in [0.1, 0.15) is 0 Å². The van der Waals surface area contributed by atoms with Crippen molar-refractivity contribution >= 4 is 27.5 Å². The summed E-state index contributed by atoms with van der Waals surface area (Å²) in [6, 6.07) is 5.83. The van der Waals surface area contributed by atoms with E-state index >= 15 is 0 Å². The summed E-state index contributed by atoms with van der Waals surface area (Å²) < 4.78 is 0.961. The first-order valence-electron chi connectivity index (χ1n) is 5.10. The number of hydrogen-bond acceptors (Lipinski definition) is 3. The Morgan fingerprint density at radius 3 is 2.69 bits per heavy atom. The molecule has 5 heteroatoms. The van der Waals surface area contributed by atoms with Gasteiger partial charge in [-0.3, -0.25) is 4.79 Å². The zero-order valence-corrected chi connectivity index (χ0v) is 10.8. The van der Waals surface area contributed by atoms with Crippen molar-refractivity contribution in [2.24, 2.45) is 11.5 Å². The molecular formula is C11H16BrN3O. The van der Waals surface area contributed by atoms with Crippen molar-refractivity contribution in [3.63, 3.8) is 0 Å². The second-order valence-corrected chi connectivity index (χ2v) is 4.37. The molecule has 1 aromatic carbocycles. The van der Waals surface area contributed by atoms with Crippen molar-refractivity contribution < 1.29 is 4.79 Å². The van der Waals surface area contributed by atoms with Gasteiger partial charge in [0.25, 0.3) is 0 Å². The van der Waals surface area contributed by atoms with Gasteiger partial charge in [-0.2, -0.15) is 0 Å². The Kier molecular flexibility index (Phi) is 4.76. The van der Waals surface area contributed by atoms with E-state index < -0.39 is 0 Å². The first-order chi connectivity index (χ1) is 7.58. The minimum atomic E-state index is -0.343. The first-order valence-corrected chi connectivity index (χ1v) is 5.89. The maximum atomic E-state index is 11.0. The van der Waals surface area contributed by atoms with Gasteiger partial charge in [0, 0.05) is 23.2 Å². The molecule has 1 amide bonds. The van der Waals surface area contributed by atoms with Crippen LogP contribution in [0.15, 0.2) is 22.7 Å². The lowest BCUT2D eigenvalue weighted by Gasteiger charge is -2.24. The van der Waals surface area contributed by atoms with Crippen LogP contribution in [0, 0.1) is 0 Å². The predicted octanol–water partition coefficient (Wildman–Crippen LogP) is 1.22. The summed E-state index contributed by atoms with van der Waals surface area (Å²) in [5, 5.41) is 0. The molecular weight excluding hydrogens is 270 g/mol. The lowest BCUT2D eigenvalue weighted by molar-refractivity contribution is -0.116. The molecule has 0 radical (unpaired) electrons. The highest BCUT2D eigenvalue weighted by Gasteiger charge is 2.11. The molecule has 4 N–H and O–H groups in total. The number of rotatable bonds is 5. The van der Waals surface area contributed by atoms with E-state index in [0.29, 0.717) is 13.1 Å². The summed E-state index contributed by atoms with van der Waals surface area (Å²) in [5.41, 5.74) is 12.8. The van der Waals surface area contributed by atoms with Gasteiger partial charge in [0.2, 0.25) is 5.91 Å². The van der Waals surface area contributed by atoms with Crippen molar-refractivity contribution in [2.75, 3.05) is 18.0 Å². The minimum Gasteiger partial charge on any atom is -0.368 e. The summed E-state index contributed by atoms with van der Waals surface area (Å²) in [4.78, 5) is 12.9. The number of primary amides is 1. The highest BCUT2D eigenvalue weighted by molar-refractivity contribution is 9.10. The number of anilines is 1. The van der Waals surface area contributed by atoms with Crippen LogP contribution in [0.2, 0.25) is 0 Å². The third-order valence-electron chi connectivity index (χ3n) is 2.34. The molecule has 0 saturated carbocycles. The van der Waals surface area contributed by atoms with Crippen LogP contribution in [-0.4, -0.2) is 19.0 Å². The van der Waals surface area contributed by atoms with Gasteiger partial charge in [0.05, 0.1) is 6.54 Å². The maximum Gasteiger partial charge on any atom is 0.236 e. The normalized spacial score (nSPS) is 10.2. The van der Waals surface area contributed by atoms with Gasteiger partial charge >= 0.3 is 0 Å². The number of carbonyl (C=O) groups excluding carboxylic acids is 1. The van der Waals surface area contributed by atoms with Crippen molar-refractivity contribution in [1.82, 2.24) is 0 Å². The van der Waals surface area contributed by atoms with E-state index in [1.807, 2.05) is 30.0 Å². The van der Waals surface area contributed by atoms with Crippen molar-refractivity contribution in [3.8, 4) is 0 Å². The fourth-order valence-electron chi connectivity index (χ4n) is 1.56. The molecule has 0 fully saturated rings. The van der Waals surface area contributed by atoms with Crippen LogP contribution in [0.4, 0.5) is 5.69 Å². The van der Waals surface area contributed by atoms with Crippen LogP contribution in [-0.2, 0) is 11.3 Å². The molecule has 0 aliphatic rings. The smallest absolute Gasteiger partial charge is 0.236 e. The summed E-state index contributed by atoms with van der Waals surface area (Å²) in [5.74, 6) is -0.343. The second-order valence-electron chi connectivity index (χ2n) is 3.46. The quantitative estimate of drug-likeness (QED) is 0.854. The van der Waals surface area contributed by atoms with Crippen molar-refractivity contribution in [1.29, 1.82) is 0 Å². The molecule has 4 nitrogen and oxygen atoms in total. The Balaban J connectivity index is 3.06. The standard InChI is InChI=1S/C11H16BrN3O/c1-2-15(7-11(14)16)10-5-9(12)4-3-8(10)6-13/h3-5H,2,6-7,13H2,1H3,(H2,14,16). The number of halogens is 1. The van der Waals surface area contributed by atoms with E-state index in [1.165, 1.54) is 0 Å². The number of carbonyl (C=O) groups is 1. The highest BCUT2D eigenvalue weighted by atomic mass is 79.9. The Morgan fingerprint density at radius 2 is 2.19 bits per heavy atom. The lowest BCUT2D eigenvalue weighted by atomic mass is 10.1. The van der Waals surface area contributed by atoms with Gasteiger partial charge < -0.3 is 16.4 Å². The average molecular weight is 286 g/mol. The Labute approximate surface area is 104 Å². The summed E-state index contributed by atoms with van der Waals surface area (Å²) in [7, 11) is 0. The minimum absolute atomic E-state index is 0.208. The molecule has 0 atom stereocenters. The van der Waals surface area contributed by atoms with Gasteiger partial charge in [-0.25, -0.2) is 0 Å². The van der Waals surface area contributed by atoms with Crippen LogP contribution < -0.4 is 16.4 Å². The fourth-order valence-corrected chi connectivity index (χ4v) is 1.91. The molecule has 0 aliphatic carbocycles. The highest BCUT2D eigenvalue weighted by Crippen LogP contribution is 2.24. The Bertz CT molecular complexity index is 381. The van der Waals surface area contributed by atoms with Crippen molar-refractivity contribution in [3.05, 3.63) is 28.2 Å². The fraction of sp³-hybridized carbons (Fsp3) is 0.364. The second kappa shape index (κ2) is 5.86. The number of amides is 1. The first kappa shape index (κ1) is 13.0. The van der Waals surface area contributed by atoms with Gasteiger partial charge in [-0.1, -0.05) is 22.0 Å². The Hall–Kier alpha value is -1.07. The van der Waals surface area contributed by atoms with Gasteiger partial charge in [-0.15, -0.1) is 0 Å². The molecule has 0 aromatic heterocycles. The van der Waals surface area contributed by atoms with Crippen LogP contribution in [0.25, 0.3) is 0 Å². The summed E-state index contributed by atoms with van der Waals surface area (Å²) in [6.45, 7) is 3.34. The predicted molar refractivity (Wildman–Crippen MR) is 69.1 cm³/mol. The van der Waals surface area contributed by atoms with Crippen LogP contribution >= 0.6 is 15.9 Å². The molecule has 0 spiro atoms. The molecule has 16 heavy (non-hydrogen) atoms. The van der Waals surface area contributed by atoms with Gasteiger partial charge in [0.15, 0.2) is 0 Å². The van der Waals surface area contributed by atoms with E-state index in [9.17, 15) is 4.79 Å². The van der Waals surface area contributed by atoms with E-state index in [0.717, 1.165) is 15.7 Å². The zero-order valence-electron chi connectivity index (χ0n) is 9.24. The Morgan fingerprint density at radius 1 is 1.50 bits per heavy atom. The number of nitrogens with zero attached hydrogens (tertiary/aromatic N) is 1. The zero-order chi connectivity index (χ0) is 12.1. The summed E-state index contributed by atoms with van der Waals surface area (Å²) >= 11 is 3.41. The number of hydrogen-bond donors (Lipinski definition) is 2. The number of likely N-dealkylation sites (N-methyl/N-ethyl adjacent to an activating group) is 1. The van der Waals surface area contributed by atoms with Crippen LogP contribution in [0.3, 0.4) is 0 Å². The van der Waals surface area contributed by atoms with E-state index in [1.54, 1.807) is 0 Å². The monoisotopic (exact) mass is 285 g/mol. The van der Waals surface area contributed by atoms with Crippen molar-refractivity contribution in [2.45, 2.75) is 13.5 Å².